The van der Waals surface area contributed by atoms with Gasteiger partial charge in [-0.05, 0) is 18.9 Å². The Morgan fingerprint density at radius 3 is 2.75 bits per heavy atom. The van der Waals surface area contributed by atoms with Gasteiger partial charge in [0.25, 0.3) is 0 Å². The van der Waals surface area contributed by atoms with Crippen molar-refractivity contribution in [2.75, 3.05) is 39.3 Å². The summed E-state index contributed by atoms with van der Waals surface area (Å²) in [6.07, 6.45) is 1.32. The number of nitrogens with two attached hydrogens (primary N) is 1. The summed E-state index contributed by atoms with van der Waals surface area (Å²) in [5, 5.41) is 2.50. The van der Waals surface area contributed by atoms with E-state index >= 15 is 0 Å². The molecule has 0 unspecified atom stereocenters. The number of rotatable bonds is 3. The average molecular weight is 276 g/mol. The van der Waals surface area contributed by atoms with Gasteiger partial charge in [-0.2, -0.15) is 0 Å². The number of nitrogens with one attached hydrogen (secondary N) is 2. The van der Waals surface area contributed by atoms with Gasteiger partial charge in [-0.15, -0.1) is 0 Å². The number of benzene rings is 1. The van der Waals surface area contributed by atoms with Crippen LogP contribution >= 0.6 is 0 Å². The molecule has 2 aliphatic rings. The average Bonchev–Trinajstić information content (AvgIpc) is 2.48. The molecule has 1 saturated heterocycles. The molecule has 1 aromatic carbocycles. The summed E-state index contributed by atoms with van der Waals surface area (Å²) >= 11 is 0. The first-order valence-corrected chi connectivity index (χ1v) is 8.37. The molecule has 3 nitrogen and oxygen atoms in total. The quantitative estimate of drug-likeness (QED) is 0.587. The van der Waals surface area contributed by atoms with Crippen molar-refractivity contribution in [2.24, 2.45) is 0 Å². The normalized spacial score (nSPS) is 30.0. The highest BCUT2D eigenvalue weighted by molar-refractivity contribution is 5.36. The third kappa shape index (κ3) is 2.76. The van der Waals surface area contributed by atoms with Gasteiger partial charge in [0.1, 0.15) is 39.3 Å². The summed E-state index contributed by atoms with van der Waals surface area (Å²) in [4.78, 5) is 3.65. The van der Waals surface area contributed by atoms with Gasteiger partial charge in [-0.3, -0.25) is 0 Å². The van der Waals surface area contributed by atoms with E-state index in [1.54, 1.807) is 11.1 Å². The Morgan fingerprint density at radius 1 is 1.20 bits per heavy atom. The maximum atomic E-state index is 2.50. The number of fused-ring (bicyclic) bond motifs is 1. The third-order valence-corrected chi connectivity index (χ3v) is 5.23. The van der Waals surface area contributed by atoms with Crippen molar-refractivity contribution in [1.82, 2.24) is 0 Å². The van der Waals surface area contributed by atoms with E-state index < -0.39 is 0 Å². The molecule has 2 aliphatic heterocycles. The van der Waals surface area contributed by atoms with Gasteiger partial charge < -0.3 is 15.1 Å². The van der Waals surface area contributed by atoms with E-state index in [1.165, 1.54) is 57.8 Å². The fraction of sp³-hybridized carbons (Fsp3) is 0.647. The lowest BCUT2D eigenvalue weighted by molar-refractivity contribution is -1.03. The molecule has 0 aliphatic carbocycles. The zero-order chi connectivity index (χ0) is 13.9. The van der Waals surface area contributed by atoms with Gasteiger partial charge in [0.2, 0.25) is 0 Å². The lowest BCUT2D eigenvalue weighted by Gasteiger charge is -2.36. The van der Waals surface area contributed by atoms with E-state index in [4.69, 9.17) is 0 Å². The number of aryl methyl sites for hydroxylation is 1. The van der Waals surface area contributed by atoms with Crippen molar-refractivity contribution in [3.05, 3.63) is 34.9 Å². The largest absolute Gasteiger partial charge is 0.337 e. The van der Waals surface area contributed by atoms with E-state index in [-0.39, 0.29) is 0 Å². The first-order chi connectivity index (χ1) is 9.79. The van der Waals surface area contributed by atoms with Crippen molar-refractivity contribution in [1.29, 1.82) is 0 Å². The summed E-state index contributed by atoms with van der Waals surface area (Å²) < 4.78 is 0. The zero-order valence-corrected chi connectivity index (χ0v) is 13.0. The number of quaternary nitrogens is 3. The highest BCUT2D eigenvalue weighted by atomic mass is 15.3. The second kappa shape index (κ2) is 6.25. The molecule has 4 N–H and O–H groups in total. The van der Waals surface area contributed by atoms with E-state index in [0.29, 0.717) is 0 Å². The topological polar surface area (TPSA) is 25.5 Å². The Morgan fingerprint density at radius 2 is 2.00 bits per heavy atom. The lowest BCUT2D eigenvalue weighted by atomic mass is 9.91. The summed E-state index contributed by atoms with van der Waals surface area (Å²) in [5.74, 6) is 0. The Labute approximate surface area is 123 Å². The van der Waals surface area contributed by atoms with Gasteiger partial charge in [-0.25, -0.2) is 0 Å². The van der Waals surface area contributed by atoms with Crippen molar-refractivity contribution < 1.29 is 15.1 Å². The fourth-order valence-corrected chi connectivity index (χ4v) is 4.19. The second-order valence-corrected chi connectivity index (χ2v) is 6.59. The minimum absolute atomic E-state index is 0.725. The van der Waals surface area contributed by atoms with Gasteiger partial charge in [0, 0.05) is 11.1 Å². The predicted octanol–water partition coefficient (Wildman–Crippen LogP) is -1.69. The van der Waals surface area contributed by atoms with Crippen molar-refractivity contribution in [3.63, 3.8) is 0 Å². The molecule has 110 valence electrons. The van der Waals surface area contributed by atoms with Crippen molar-refractivity contribution >= 4 is 0 Å². The second-order valence-electron chi connectivity index (χ2n) is 6.59. The zero-order valence-electron chi connectivity index (χ0n) is 13.0. The Balaban J connectivity index is 1.74. The molecule has 1 atom stereocenters. The fourth-order valence-electron chi connectivity index (χ4n) is 4.19. The van der Waals surface area contributed by atoms with Crippen LogP contribution in [0, 0.1) is 6.92 Å². The van der Waals surface area contributed by atoms with E-state index in [0.717, 1.165) is 6.04 Å². The van der Waals surface area contributed by atoms with Crippen LogP contribution in [0.5, 0.6) is 0 Å². The maximum Gasteiger partial charge on any atom is 0.164 e. The van der Waals surface area contributed by atoms with Crippen molar-refractivity contribution in [2.45, 2.75) is 32.9 Å². The minimum Gasteiger partial charge on any atom is -0.337 e. The number of piperazine rings is 1. The van der Waals surface area contributed by atoms with Crippen LogP contribution in [0.1, 0.15) is 36.1 Å². The summed E-state index contributed by atoms with van der Waals surface area (Å²) in [6.45, 7) is 13.8. The molecule has 1 aromatic rings. The number of hydrogen-bond acceptors (Lipinski definition) is 0. The Kier molecular flexibility index (Phi) is 4.39. The molecule has 2 heterocycles. The molecule has 3 rings (SSSR count). The predicted molar refractivity (Wildman–Crippen MR) is 81.0 cm³/mol. The highest BCUT2D eigenvalue weighted by Gasteiger charge is 2.35. The molecular formula is C17H30N3+3. The van der Waals surface area contributed by atoms with E-state index in [1.807, 2.05) is 9.80 Å². The molecule has 0 radical (unpaired) electrons. The minimum atomic E-state index is 0.725. The summed E-state index contributed by atoms with van der Waals surface area (Å²) in [7, 11) is 0. The van der Waals surface area contributed by atoms with Gasteiger partial charge >= 0.3 is 0 Å². The smallest absolute Gasteiger partial charge is 0.164 e. The number of hydrogen-bond donors (Lipinski definition) is 3. The van der Waals surface area contributed by atoms with Crippen LogP contribution in [0.2, 0.25) is 0 Å². The summed E-state index contributed by atoms with van der Waals surface area (Å²) in [6, 6.07) is 7.59. The monoisotopic (exact) mass is 276 g/mol. The van der Waals surface area contributed by atoms with Gasteiger partial charge in [0.15, 0.2) is 6.04 Å². The van der Waals surface area contributed by atoms with E-state index in [2.05, 4.69) is 37.4 Å². The molecule has 0 aromatic heterocycles. The molecule has 0 amide bonds. The molecule has 20 heavy (non-hydrogen) atoms. The Bertz CT molecular complexity index is 450. The first kappa shape index (κ1) is 14.1. The van der Waals surface area contributed by atoms with Crippen LogP contribution < -0.4 is 15.1 Å². The van der Waals surface area contributed by atoms with Crippen LogP contribution in [-0.4, -0.2) is 39.3 Å². The molecule has 0 saturated carbocycles. The molecule has 0 bridgehead atoms. The summed E-state index contributed by atoms with van der Waals surface area (Å²) in [5.41, 5.74) is 4.76. The van der Waals surface area contributed by atoms with Gasteiger partial charge in [0.05, 0.1) is 6.54 Å². The van der Waals surface area contributed by atoms with E-state index in [9.17, 15) is 0 Å². The third-order valence-electron chi connectivity index (χ3n) is 5.23. The Hall–Kier alpha value is -0.900. The van der Waals surface area contributed by atoms with Crippen LogP contribution in [0.25, 0.3) is 0 Å². The highest BCUT2D eigenvalue weighted by Crippen LogP contribution is 2.21. The molecule has 1 fully saturated rings. The van der Waals surface area contributed by atoms with Crippen LogP contribution in [0.4, 0.5) is 0 Å². The van der Waals surface area contributed by atoms with Crippen LogP contribution in [-0.2, 0) is 6.54 Å². The lowest BCUT2D eigenvalue weighted by Crippen LogP contribution is -3.29. The first-order valence-electron chi connectivity index (χ1n) is 8.37. The molecule has 0 spiro atoms. The van der Waals surface area contributed by atoms with Crippen molar-refractivity contribution in [3.8, 4) is 0 Å². The van der Waals surface area contributed by atoms with Crippen LogP contribution in [0.15, 0.2) is 18.2 Å². The van der Waals surface area contributed by atoms with Gasteiger partial charge in [-0.1, -0.05) is 25.1 Å². The molecular weight excluding hydrogens is 246 g/mol. The maximum absolute atomic E-state index is 2.50. The molecule has 3 heteroatoms. The van der Waals surface area contributed by atoms with Crippen LogP contribution in [0.3, 0.4) is 0 Å². The SMILES string of the molecule is CCC[NH+]1CC[NH+]([C@H]2C[NH2+]Cc3cccc(C)c32)CC1. The standard InChI is InChI=1S/C17H27N3/c1-3-7-19-8-10-20(11-9-19)16-13-18-12-15-6-4-5-14(2)17(15)16/h4-6,16,18H,3,7-13H2,1-2H3/p+3/t16-/m0/s1.